The number of halogens is 1. The number of likely N-dealkylation sites (tertiary alicyclic amines) is 1. The minimum absolute atomic E-state index is 0.231. The van der Waals surface area contributed by atoms with Gasteiger partial charge in [-0.3, -0.25) is 9.69 Å². The topological polar surface area (TPSA) is 53.9 Å². The van der Waals surface area contributed by atoms with Gasteiger partial charge in [0.1, 0.15) is 12.4 Å². The molecule has 0 spiro atoms. The van der Waals surface area contributed by atoms with Gasteiger partial charge < -0.3 is 4.74 Å². The summed E-state index contributed by atoms with van der Waals surface area (Å²) in [5.74, 6) is 1.28. The monoisotopic (exact) mass is 551 g/mol. The van der Waals surface area contributed by atoms with Gasteiger partial charge in [0, 0.05) is 17.1 Å². The Bertz CT molecular complexity index is 1400. The molecule has 6 heteroatoms. The van der Waals surface area contributed by atoms with Gasteiger partial charge in [-0.15, -0.1) is 0 Å². The third kappa shape index (κ3) is 8.28. The molecule has 0 saturated carbocycles. The summed E-state index contributed by atoms with van der Waals surface area (Å²) in [7, 11) is 0. The zero-order valence-electron chi connectivity index (χ0n) is 22.5. The SMILES string of the molecule is O=C(N/N=C\c1ccc(OCc2cccc(Cl)c2)cc1)c1ccc(CN2CCC(Cc3ccccc3)CC2)cc1. The molecule has 40 heavy (non-hydrogen) atoms. The molecule has 0 bridgehead atoms. The molecule has 1 aliphatic heterocycles. The van der Waals surface area contributed by atoms with Crippen LogP contribution in [0.15, 0.2) is 108 Å². The molecule has 1 aliphatic rings. The Morgan fingerprint density at radius 2 is 1.60 bits per heavy atom. The first kappa shape index (κ1) is 27.6. The van der Waals surface area contributed by atoms with Crippen LogP contribution in [0, 0.1) is 5.92 Å². The minimum atomic E-state index is -0.231. The largest absolute Gasteiger partial charge is 0.489 e. The number of nitrogens with zero attached hydrogens (tertiary/aromatic N) is 2. The Morgan fingerprint density at radius 3 is 2.33 bits per heavy atom. The number of hydrogen-bond acceptors (Lipinski definition) is 4. The third-order valence-electron chi connectivity index (χ3n) is 7.25. The number of ether oxygens (including phenoxy) is 1. The van der Waals surface area contributed by atoms with E-state index in [4.69, 9.17) is 16.3 Å². The fourth-order valence-electron chi connectivity index (χ4n) is 4.99. The van der Waals surface area contributed by atoms with E-state index < -0.39 is 0 Å². The maximum atomic E-state index is 12.6. The van der Waals surface area contributed by atoms with Gasteiger partial charge in [-0.05, 0) is 109 Å². The molecular weight excluding hydrogens is 518 g/mol. The molecule has 1 heterocycles. The molecule has 1 fully saturated rings. The molecule has 5 rings (SSSR count). The summed E-state index contributed by atoms with van der Waals surface area (Å²) in [6, 6.07) is 33.7. The lowest BCUT2D eigenvalue weighted by Gasteiger charge is -2.32. The third-order valence-corrected chi connectivity index (χ3v) is 7.49. The van der Waals surface area contributed by atoms with Crippen molar-refractivity contribution in [1.29, 1.82) is 0 Å². The van der Waals surface area contributed by atoms with Gasteiger partial charge in [-0.1, -0.05) is 66.2 Å². The number of nitrogens with one attached hydrogen (secondary N) is 1. The van der Waals surface area contributed by atoms with Crippen LogP contribution < -0.4 is 10.2 Å². The van der Waals surface area contributed by atoms with Crippen molar-refractivity contribution in [3.05, 3.63) is 136 Å². The first-order valence-corrected chi connectivity index (χ1v) is 14.1. The van der Waals surface area contributed by atoms with E-state index in [1.165, 1.54) is 30.4 Å². The lowest BCUT2D eigenvalue weighted by molar-refractivity contribution is 0.0955. The fraction of sp³-hybridized carbons (Fsp3) is 0.235. The maximum absolute atomic E-state index is 12.6. The van der Waals surface area contributed by atoms with Gasteiger partial charge in [0.15, 0.2) is 0 Å². The molecule has 0 radical (unpaired) electrons. The number of rotatable bonds is 10. The smallest absolute Gasteiger partial charge is 0.271 e. The number of hydrogen-bond donors (Lipinski definition) is 1. The van der Waals surface area contributed by atoms with Crippen LogP contribution in [0.25, 0.3) is 0 Å². The number of hydrazone groups is 1. The highest BCUT2D eigenvalue weighted by molar-refractivity contribution is 6.30. The normalized spacial score (nSPS) is 14.3. The van der Waals surface area contributed by atoms with Gasteiger partial charge in [-0.25, -0.2) is 5.43 Å². The molecule has 1 amide bonds. The summed E-state index contributed by atoms with van der Waals surface area (Å²) in [5.41, 5.74) is 7.73. The Hall–Kier alpha value is -3.93. The van der Waals surface area contributed by atoms with E-state index in [0.717, 1.165) is 42.4 Å². The van der Waals surface area contributed by atoms with Gasteiger partial charge in [0.25, 0.3) is 5.91 Å². The molecule has 0 aromatic heterocycles. The average Bonchev–Trinajstić information content (AvgIpc) is 2.99. The molecular formula is C34H34ClN3O2. The number of benzene rings is 4. The molecule has 1 saturated heterocycles. The predicted octanol–water partition coefficient (Wildman–Crippen LogP) is 7.14. The Balaban J connectivity index is 1.03. The average molecular weight is 552 g/mol. The van der Waals surface area contributed by atoms with Crippen LogP contribution in [-0.2, 0) is 19.6 Å². The summed E-state index contributed by atoms with van der Waals surface area (Å²) in [4.78, 5) is 15.1. The van der Waals surface area contributed by atoms with E-state index in [1.807, 2.05) is 72.8 Å². The molecule has 1 N–H and O–H groups in total. The van der Waals surface area contributed by atoms with Gasteiger partial charge in [0.05, 0.1) is 6.21 Å². The lowest BCUT2D eigenvalue weighted by Crippen LogP contribution is -2.33. The first-order valence-electron chi connectivity index (χ1n) is 13.8. The standard InChI is InChI=1S/C34H34ClN3O2/c35-32-8-4-7-30(22-32)25-40-33-15-11-28(12-16-33)23-36-37-34(39)31-13-9-29(10-14-31)24-38-19-17-27(18-20-38)21-26-5-2-1-3-6-26/h1-16,22-23,27H,17-21,24-25H2,(H,37,39)/b36-23-. The van der Waals surface area contributed by atoms with Crippen molar-refractivity contribution in [2.45, 2.75) is 32.4 Å². The zero-order chi connectivity index (χ0) is 27.6. The van der Waals surface area contributed by atoms with Crippen LogP contribution in [-0.4, -0.2) is 30.1 Å². The van der Waals surface area contributed by atoms with E-state index in [9.17, 15) is 4.79 Å². The summed E-state index contributed by atoms with van der Waals surface area (Å²) < 4.78 is 5.81. The summed E-state index contributed by atoms with van der Waals surface area (Å²) >= 11 is 6.02. The number of piperidine rings is 1. The quantitative estimate of drug-likeness (QED) is 0.168. The van der Waals surface area contributed by atoms with Crippen molar-refractivity contribution in [2.24, 2.45) is 11.0 Å². The molecule has 0 atom stereocenters. The Morgan fingerprint density at radius 1 is 0.875 bits per heavy atom. The second-order valence-electron chi connectivity index (χ2n) is 10.3. The van der Waals surface area contributed by atoms with Crippen LogP contribution >= 0.6 is 11.6 Å². The van der Waals surface area contributed by atoms with E-state index in [2.05, 4.69) is 45.8 Å². The number of carbonyl (C=O) groups is 1. The minimum Gasteiger partial charge on any atom is -0.489 e. The summed E-state index contributed by atoms with van der Waals surface area (Å²) in [5, 5.41) is 4.81. The summed E-state index contributed by atoms with van der Waals surface area (Å²) in [6.07, 6.45) is 5.25. The first-order chi connectivity index (χ1) is 19.6. The van der Waals surface area contributed by atoms with E-state index >= 15 is 0 Å². The zero-order valence-corrected chi connectivity index (χ0v) is 23.3. The molecule has 204 valence electrons. The fourth-order valence-corrected chi connectivity index (χ4v) is 5.20. The molecule has 0 aliphatic carbocycles. The number of carbonyl (C=O) groups excluding carboxylic acids is 1. The molecule has 4 aromatic rings. The van der Waals surface area contributed by atoms with E-state index in [1.54, 1.807) is 6.21 Å². The Kier molecular flexibility index (Phi) is 9.62. The lowest BCUT2D eigenvalue weighted by atomic mass is 9.90. The second kappa shape index (κ2) is 13.9. The van der Waals surface area contributed by atoms with Crippen LogP contribution in [0.4, 0.5) is 0 Å². The van der Waals surface area contributed by atoms with Crippen LogP contribution in [0.5, 0.6) is 5.75 Å². The van der Waals surface area contributed by atoms with E-state index in [0.29, 0.717) is 17.2 Å². The Labute approximate surface area is 241 Å². The van der Waals surface area contributed by atoms with Crippen LogP contribution in [0.2, 0.25) is 5.02 Å². The van der Waals surface area contributed by atoms with Crippen molar-refractivity contribution in [3.8, 4) is 5.75 Å². The highest BCUT2D eigenvalue weighted by Crippen LogP contribution is 2.23. The van der Waals surface area contributed by atoms with Gasteiger partial charge in [-0.2, -0.15) is 5.10 Å². The number of amides is 1. The molecule has 0 unspecified atom stereocenters. The van der Waals surface area contributed by atoms with Crippen molar-refractivity contribution < 1.29 is 9.53 Å². The predicted molar refractivity (Wildman–Crippen MR) is 162 cm³/mol. The maximum Gasteiger partial charge on any atom is 0.271 e. The molecule has 5 nitrogen and oxygen atoms in total. The van der Waals surface area contributed by atoms with Gasteiger partial charge >= 0.3 is 0 Å². The van der Waals surface area contributed by atoms with Crippen molar-refractivity contribution in [3.63, 3.8) is 0 Å². The van der Waals surface area contributed by atoms with Crippen molar-refractivity contribution in [2.75, 3.05) is 13.1 Å². The van der Waals surface area contributed by atoms with Crippen molar-refractivity contribution >= 4 is 23.7 Å². The second-order valence-corrected chi connectivity index (χ2v) is 10.7. The van der Waals surface area contributed by atoms with Crippen molar-refractivity contribution in [1.82, 2.24) is 10.3 Å². The van der Waals surface area contributed by atoms with Gasteiger partial charge in [0.2, 0.25) is 0 Å². The van der Waals surface area contributed by atoms with Crippen LogP contribution in [0.1, 0.15) is 45.5 Å². The highest BCUT2D eigenvalue weighted by Gasteiger charge is 2.19. The van der Waals surface area contributed by atoms with Crippen LogP contribution in [0.3, 0.4) is 0 Å². The summed E-state index contributed by atoms with van der Waals surface area (Å²) in [6.45, 7) is 3.58. The molecule has 4 aromatic carbocycles. The van der Waals surface area contributed by atoms with E-state index in [-0.39, 0.29) is 5.91 Å². The highest BCUT2D eigenvalue weighted by atomic mass is 35.5.